The summed E-state index contributed by atoms with van der Waals surface area (Å²) in [5.74, 6) is 1.97. The summed E-state index contributed by atoms with van der Waals surface area (Å²) in [6.07, 6.45) is 0. The third-order valence-electron chi connectivity index (χ3n) is 5.94. The van der Waals surface area contributed by atoms with Crippen molar-refractivity contribution in [1.82, 2.24) is 4.57 Å². The second-order valence-corrected chi connectivity index (χ2v) is 9.46. The Balaban J connectivity index is 1.48. The zero-order chi connectivity index (χ0) is 23.9. The summed E-state index contributed by atoms with van der Waals surface area (Å²) < 4.78 is 18.7. The standard InChI is InChI=1S/C26H20ClN3O4S/c1-15-18(27)3-2-4-19(15)29-26-30(11-16-5-7-23-24(9-16)34-14-33-23)21(13-35-26)17-6-8-22-20(10-17)28-25(31)12-32-22/h2-10,13H,11-12,14H2,1H3,(H,28,31). The van der Waals surface area contributed by atoms with Gasteiger partial charge in [0.05, 0.1) is 23.6 Å². The summed E-state index contributed by atoms with van der Waals surface area (Å²) in [6, 6.07) is 17.5. The number of hydrogen-bond donors (Lipinski definition) is 1. The van der Waals surface area contributed by atoms with E-state index in [1.54, 1.807) is 11.3 Å². The molecule has 3 aromatic carbocycles. The monoisotopic (exact) mass is 505 g/mol. The molecule has 1 amide bonds. The zero-order valence-electron chi connectivity index (χ0n) is 18.7. The summed E-state index contributed by atoms with van der Waals surface area (Å²) >= 11 is 7.89. The number of nitrogens with one attached hydrogen (secondary N) is 1. The van der Waals surface area contributed by atoms with E-state index in [4.69, 9.17) is 30.8 Å². The second kappa shape index (κ2) is 8.79. The number of hydrogen-bond acceptors (Lipinski definition) is 6. The molecule has 35 heavy (non-hydrogen) atoms. The Labute approximate surface area is 210 Å². The van der Waals surface area contributed by atoms with Gasteiger partial charge in [-0.2, -0.15) is 0 Å². The van der Waals surface area contributed by atoms with Crippen molar-refractivity contribution >= 4 is 40.2 Å². The zero-order valence-corrected chi connectivity index (χ0v) is 20.3. The summed E-state index contributed by atoms with van der Waals surface area (Å²) in [7, 11) is 0. The molecule has 0 saturated carbocycles. The normalized spacial score (nSPS) is 14.5. The van der Waals surface area contributed by atoms with Gasteiger partial charge in [-0.05, 0) is 60.5 Å². The number of carbonyl (C=O) groups is 1. The van der Waals surface area contributed by atoms with Gasteiger partial charge in [0.1, 0.15) is 5.75 Å². The van der Waals surface area contributed by atoms with Crippen LogP contribution in [0.25, 0.3) is 11.3 Å². The van der Waals surface area contributed by atoms with Gasteiger partial charge in [-0.15, -0.1) is 11.3 Å². The molecule has 9 heteroatoms. The Kier molecular flexibility index (Phi) is 5.47. The molecule has 176 valence electrons. The van der Waals surface area contributed by atoms with Gasteiger partial charge < -0.3 is 24.1 Å². The average Bonchev–Trinajstić information content (AvgIpc) is 3.48. The topological polar surface area (TPSA) is 74.1 Å². The Morgan fingerprint density at radius 1 is 1.06 bits per heavy atom. The molecule has 7 nitrogen and oxygen atoms in total. The highest BCUT2D eigenvalue weighted by Gasteiger charge is 2.19. The van der Waals surface area contributed by atoms with E-state index >= 15 is 0 Å². The molecule has 0 saturated heterocycles. The maximum absolute atomic E-state index is 11.9. The lowest BCUT2D eigenvalue weighted by Gasteiger charge is -2.19. The molecule has 0 aliphatic carbocycles. The molecule has 0 unspecified atom stereocenters. The van der Waals surface area contributed by atoms with E-state index in [9.17, 15) is 4.79 Å². The predicted molar refractivity (Wildman–Crippen MR) is 135 cm³/mol. The average molecular weight is 506 g/mol. The van der Waals surface area contributed by atoms with Crippen molar-refractivity contribution in [2.24, 2.45) is 4.99 Å². The van der Waals surface area contributed by atoms with E-state index in [1.165, 1.54) is 0 Å². The highest BCUT2D eigenvalue weighted by atomic mass is 35.5. The van der Waals surface area contributed by atoms with Gasteiger partial charge in [-0.3, -0.25) is 4.79 Å². The molecule has 1 N–H and O–H groups in total. The number of nitrogens with zero attached hydrogens (tertiary/aromatic N) is 2. The first-order chi connectivity index (χ1) is 17.0. The highest BCUT2D eigenvalue weighted by molar-refractivity contribution is 7.07. The van der Waals surface area contributed by atoms with Gasteiger partial charge in [-0.25, -0.2) is 4.99 Å². The number of thiazole rings is 1. The first-order valence-corrected chi connectivity index (χ1v) is 12.2. The fourth-order valence-corrected chi connectivity index (χ4v) is 5.18. The molecular formula is C26H20ClN3O4S. The first kappa shape index (κ1) is 21.8. The maximum Gasteiger partial charge on any atom is 0.262 e. The van der Waals surface area contributed by atoms with Crippen LogP contribution >= 0.6 is 22.9 Å². The number of benzene rings is 3. The second-order valence-electron chi connectivity index (χ2n) is 8.22. The summed E-state index contributed by atoms with van der Waals surface area (Å²) in [5, 5.41) is 5.63. The van der Waals surface area contributed by atoms with E-state index in [1.807, 2.05) is 61.5 Å². The van der Waals surface area contributed by atoms with Crippen molar-refractivity contribution < 1.29 is 19.0 Å². The van der Waals surface area contributed by atoms with Crippen LogP contribution in [-0.2, 0) is 11.3 Å². The Bertz CT molecular complexity index is 1540. The molecule has 0 radical (unpaired) electrons. The van der Waals surface area contributed by atoms with Crippen LogP contribution in [0.4, 0.5) is 11.4 Å². The minimum atomic E-state index is -0.166. The summed E-state index contributed by atoms with van der Waals surface area (Å²) in [4.78, 5) is 17.6. The number of ether oxygens (including phenoxy) is 3. The van der Waals surface area contributed by atoms with Crippen molar-refractivity contribution in [3.63, 3.8) is 0 Å². The van der Waals surface area contributed by atoms with E-state index in [2.05, 4.69) is 15.3 Å². The number of anilines is 1. The molecular weight excluding hydrogens is 486 g/mol. The van der Waals surface area contributed by atoms with Crippen LogP contribution in [0.2, 0.25) is 5.02 Å². The molecule has 0 atom stereocenters. The minimum absolute atomic E-state index is 0.0247. The third kappa shape index (κ3) is 4.15. The van der Waals surface area contributed by atoms with Gasteiger partial charge in [0, 0.05) is 16.0 Å². The van der Waals surface area contributed by atoms with Crippen molar-refractivity contribution in [1.29, 1.82) is 0 Å². The molecule has 6 rings (SSSR count). The molecule has 0 spiro atoms. The molecule has 1 aromatic heterocycles. The quantitative estimate of drug-likeness (QED) is 0.396. The Morgan fingerprint density at radius 2 is 1.91 bits per heavy atom. The lowest BCUT2D eigenvalue weighted by atomic mass is 10.1. The fourth-order valence-electron chi connectivity index (χ4n) is 4.09. The summed E-state index contributed by atoms with van der Waals surface area (Å²) in [6.45, 7) is 2.78. The molecule has 3 heterocycles. The number of fused-ring (bicyclic) bond motifs is 2. The molecule has 0 fully saturated rings. The Morgan fingerprint density at radius 3 is 2.83 bits per heavy atom. The van der Waals surface area contributed by atoms with Crippen molar-refractivity contribution in [2.45, 2.75) is 13.5 Å². The molecule has 2 aliphatic rings. The van der Waals surface area contributed by atoms with Gasteiger partial charge in [0.15, 0.2) is 22.9 Å². The number of carbonyl (C=O) groups excluding carboxylic acids is 1. The number of halogens is 1. The lowest BCUT2D eigenvalue weighted by Crippen LogP contribution is -2.25. The van der Waals surface area contributed by atoms with E-state index in [0.717, 1.165) is 44.4 Å². The number of aromatic nitrogens is 1. The van der Waals surface area contributed by atoms with E-state index in [-0.39, 0.29) is 19.3 Å². The highest BCUT2D eigenvalue weighted by Crippen LogP contribution is 2.35. The van der Waals surface area contributed by atoms with Crippen LogP contribution in [-0.4, -0.2) is 23.9 Å². The van der Waals surface area contributed by atoms with Crippen LogP contribution in [0.5, 0.6) is 17.2 Å². The molecule has 0 bridgehead atoms. The van der Waals surface area contributed by atoms with Crippen LogP contribution in [0.1, 0.15) is 11.1 Å². The lowest BCUT2D eigenvalue weighted by molar-refractivity contribution is -0.118. The molecule has 2 aliphatic heterocycles. The SMILES string of the molecule is Cc1c(Cl)cccc1N=c1scc(-c2ccc3c(c2)NC(=O)CO3)n1Cc1ccc2c(c1)OCO2. The van der Waals surface area contributed by atoms with Gasteiger partial charge >= 0.3 is 0 Å². The van der Waals surface area contributed by atoms with Crippen molar-refractivity contribution in [2.75, 3.05) is 18.7 Å². The third-order valence-corrected chi connectivity index (χ3v) is 7.21. The fraction of sp³-hybridized carbons (Fsp3) is 0.154. The maximum atomic E-state index is 11.9. The van der Waals surface area contributed by atoms with Crippen LogP contribution in [0, 0.1) is 6.92 Å². The van der Waals surface area contributed by atoms with Gasteiger partial charge in [0.2, 0.25) is 6.79 Å². The van der Waals surface area contributed by atoms with Crippen LogP contribution in [0.3, 0.4) is 0 Å². The van der Waals surface area contributed by atoms with Gasteiger partial charge in [-0.1, -0.05) is 23.7 Å². The van der Waals surface area contributed by atoms with Crippen LogP contribution in [0.15, 0.2) is 65.0 Å². The number of rotatable bonds is 4. The first-order valence-electron chi connectivity index (χ1n) is 11.0. The van der Waals surface area contributed by atoms with E-state index in [0.29, 0.717) is 23.0 Å². The Hall–Kier alpha value is -3.75. The largest absolute Gasteiger partial charge is 0.482 e. The molecule has 4 aromatic rings. The van der Waals surface area contributed by atoms with Gasteiger partial charge in [0.25, 0.3) is 5.91 Å². The van der Waals surface area contributed by atoms with Crippen molar-refractivity contribution in [3.8, 4) is 28.5 Å². The van der Waals surface area contributed by atoms with Crippen molar-refractivity contribution in [3.05, 3.63) is 80.9 Å². The van der Waals surface area contributed by atoms with E-state index < -0.39 is 0 Å². The minimum Gasteiger partial charge on any atom is -0.482 e. The predicted octanol–water partition coefficient (Wildman–Crippen LogP) is 5.52. The van der Waals surface area contributed by atoms with Crippen LogP contribution < -0.4 is 24.3 Å². The number of amides is 1. The summed E-state index contributed by atoms with van der Waals surface area (Å²) in [5.41, 5.74) is 5.35. The smallest absolute Gasteiger partial charge is 0.262 e.